The van der Waals surface area contributed by atoms with Crippen molar-refractivity contribution in [3.05, 3.63) is 23.5 Å². The fourth-order valence-electron chi connectivity index (χ4n) is 2.10. The Kier molecular flexibility index (Phi) is 5.82. The zero-order chi connectivity index (χ0) is 20.6. The van der Waals surface area contributed by atoms with E-state index in [1.807, 2.05) is 0 Å². The molecule has 0 amide bonds. The molecule has 0 aliphatic rings. The first-order valence-electron chi connectivity index (χ1n) is 7.13. The third-order valence-corrected chi connectivity index (χ3v) is 4.67. The highest BCUT2D eigenvalue weighted by atomic mass is 32.2. The summed E-state index contributed by atoms with van der Waals surface area (Å²) in [6.45, 7) is -0.390. The molecule has 0 N–H and O–H groups in total. The second-order valence-electron chi connectivity index (χ2n) is 5.45. The van der Waals surface area contributed by atoms with E-state index in [2.05, 4.69) is 14.8 Å². The first-order chi connectivity index (χ1) is 12.3. The summed E-state index contributed by atoms with van der Waals surface area (Å²) in [5.74, 6) is -2.84. The highest BCUT2D eigenvalue weighted by molar-refractivity contribution is 7.85. The van der Waals surface area contributed by atoms with Crippen LogP contribution in [0.15, 0.2) is 17.0 Å². The van der Waals surface area contributed by atoms with Gasteiger partial charge in [0.15, 0.2) is 12.4 Å². The Balaban J connectivity index is 2.40. The summed E-state index contributed by atoms with van der Waals surface area (Å²) in [4.78, 5) is 3.34. The number of alkyl halides is 6. The number of aryl methyl sites for hydroxylation is 2. The molecule has 0 saturated heterocycles. The first kappa shape index (κ1) is 21.1. The van der Waals surface area contributed by atoms with Crippen LogP contribution in [0.1, 0.15) is 5.56 Å². The highest BCUT2D eigenvalue weighted by Gasteiger charge is 2.32. The Bertz CT molecular complexity index is 862. The van der Waals surface area contributed by atoms with Crippen molar-refractivity contribution in [3.63, 3.8) is 0 Å². The molecule has 5 nitrogen and oxygen atoms in total. The normalized spacial score (nSPS) is 13.7. The Labute approximate surface area is 150 Å². The number of aromatic nitrogens is 3. The van der Waals surface area contributed by atoms with Gasteiger partial charge in [-0.25, -0.2) is 9.07 Å². The Morgan fingerprint density at radius 1 is 1.15 bits per heavy atom. The van der Waals surface area contributed by atoms with Crippen LogP contribution in [0.25, 0.3) is 11.4 Å². The van der Waals surface area contributed by atoms with Gasteiger partial charge in [0.1, 0.15) is 11.6 Å². The summed E-state index contributed by atoms with van der Waals surface area (Å²) in [6.07, 6.45) is -9.34. The number of benzene rings is 1. The fraction of sp³-hybridized carbons (Fsp3) is 0.429. The number of hydrogen-bond donors (Lipinski definition) is 0. The van der Waals surface area contributed by atoms with Gasteiger partial charge in [-0.3, -0.25) is 4.21 Å². The monoisotopic (exact) mass is 419 g/mol. The van der Waals surface area contributed by atoms with Crippen molar-refractivity contribution < 1.29 is 39.7 Å². The van der Waals surface area contributed by atoms with Crippen LogP contribution in [0.4, 0.5) is 30.7 Å². The van der Waals surface area contributed by atoms with Crippen molar-refractivity contribution in [2.45, 2.75) is 24.2 Å². The number of nitrogens with zero attached hydrogens (tertiary/aromatic N) is 3. The van der Waals surface area contributed by atoms with Gasteiger partial charge in [-0.05, 0) is 24.6 Å². The molecule has 0 radical (unpaired) electrons. The highest BCUT2D eigenvalue weighted by Crippen LogP contribution is 2.29. The summed E-state index contributed by atoms with van der Waals surface area (Å²) in [6, 6.07) is 1.08. The minimum Gasteiger partial charge on any atom is -0.453 e. The molecule has 0 fully saturated rings. The van der Waals surface area contributed by atoms with Crippen molar-refractivity contribution >= 4 is 10.8 Å². The molecule has 1 aromatic carbocycles. The van der Waals surface area contributed by atoms with E-state index in [0.29, 0.717) is 0 Å². The lowest BCUT2D eigenvalue weighted by atomic mass is 10.1. The summed E-state index contributed by atoms with van der Waals surface area (Å²) < 4.78 is 105. The molecule has 0 spiro atoms. The van der Waals surface area contributed by atoms with Gasteiger partial charge < -0.3 is 4.74 Å². The first-order valence-corrected chi connectivity index (χ1v) is 8.45. The maximum absolute atomic E-state index is 14.3. The molecule has 1 atom stereocenters. The quantitative estimate of drug-likeness (QED) is 0.696. The van der Waals surface area contributed by atoms with E-state index in [4.69, 9.17) is 0 Å². The van der Waals surface area contributed by atoms with Crippen LogP contribution >= 0.6 is 0 Å². The van der Waals surface area contributed by atoms with Gasteiger partial charge in [0.25, 0.3) is 0 Å². The molecule has 0 bridgehead atoms. The summed E-state index contributed by atoms with van der Waals surface area (Å²) in [5, 5.41) is 3.55. The molecule has 0 aliphatic carbocycles. The van der Waals surface area contributed by atoms with E-state index in [1.165, 1.54) is 14.0 Å². The molecule has 150 valence electrons. The summed E-state index contributed by atoms with van der Waals surface area (Å²) >= 11 is 0. The molecule has 1 unspecified atom stereocenters. The van der Waals surface area contributed by atoms with E-state index in [9.17, 15) is 34.9 Å². The molecule has 13 heteroatoms. The zero-order valence-corrected chi connectivity index (χ0v) is 14.6. The van der Waals surface area contributed by atoms with Crippen LogP contribution < -0.4 is 4.74 Å². The van der Waals surface area contributed by atoms with E-state index in [-0.39, 0.29) is 21.8 Å². The van der Waals surface area contributed by atoms with E-state index < -0.39 is 47.3 Å². The molecule has 2 rings (SSSR count). The topological polar surface area (TPSA) is 57.0 Å². The van der Waals surface area contributed by atoms with Gasteiger partial charge in [0.05, 0.1) is 16.4 Å². The maximum atomic E-state index is 14.3. The predicted octanol–water partition coefficient (Wildman–Crippen LogP) is 3.54. The number of rotatable bonds is 5. The number of ether oxygens (including phenoxy) is 1. The van der Waals surface area contributed by atoms with Crippen LogP contribution in [-0.2, 0) is 17.8 Å². The van der Waals surface area contributed by atoms with Gasteiger partial charge in [0.2, 0.25) is 0 Å². The van der Waals surface area contributed by atoms with Crippen molar-refractivity contribution in [3.8, 4) is 17.4 Å². The molecular weight excluding hydrogens is 407 g/mol. The molecule has 2 aromatic rings. The molecule has 27 heavy (non-hydrogen) atoms. The lowest BCUT2D eigenvalue weighted by Gasteiger charge is -2.11. The molecule has 0 aliphatic heterocycles. The standard InChI is InChI=1S/C14H12F7N3O2S/c1-7-3-9(15)8(4-10(7)27(25)6-14(19,20)21)11-22-12(23-24(11)2)26-5-13(16,17)18/h3-4H,5-6H2,1-2H3. The maximum Gasteiger partial charge on any atom is 0.422 e. The second kappa shape index (κ2) is 7.44. The predicted molar refractivity (Wildman–Crippen MR) is 80.0 cm³/mol. The summed E-state index contributed by atoms with van der Waals surface area (Å²) in [7, 11) is -1.27. The minimum absolute atomic E-state index is 0.0227. The van der Waals surface area contributed by atoms with Crippen LogP contribution in [0.2, 0.25) is 0 Å². The van der Waals surface area contributed by atoms with Gasteiger partial charge in [-0.15, -0.1) is 5.10 Å². The zero-order valence-electron chi connectivity index (χ0n) is 13.8. The molecule has 0 saturated carbocycles. The average molecular weight is 419 g/mol. The van der Waals surface area contributed by atoms with E-state index in [1.54, 1.807) is 0 Å². The third kappa shape index (κ3) is 5.65. The smallest absolute Gasteiger partial charge is 0.422 e. The van der Waals surface area contributed by atoms with E-state index in [0.717, 1.165) is 16.8 Å². The van der Waals surface area contributed by atoms with Crippen LogP contribution in [0.5, 0.6) is 6.01 Å². The lowest BCUT2D eigenvalue weighted by molar-refractivity contribution is -0.154. The largest absolute Gasteiger partial charge is 0.453 e. The van der Waals surface area contributed by atoms with E-state index >= 15 is 0 Å². The van der Waals surface area contributed by atoms with Crippen LogP contribution in [-0.4, -0.2) is 43.7 Å². The van der Waals surface area contributed by atoms with Gasteiger partial charge in [-0.2, -0.15) is 31.3 Å². The average Bonchev–Trinajstić information content (AvgIpc) is 2.83. The van der Waals surface area contributed by atoms with Crippen molar-refractivity contribution in [2.24, 2.45) is 7.05 Å². The Morgan fingerprint density at radius 2 is 1.78 bits per heavy atom. The van der Waals surface area contributed by atoms with Crippen molar-refractivity contribution in [1.29, 1.82) is 0 Å². The second-order valence-corrected chi connectivity index (χ2v) is 6.87. The Hall–Kier alpha value is -2.18. The Morgan fingerprint density at radius 3 is 2.33 bits per heavy atom. The van der Waals surface area contributed by atoms with Gasteiger partial charge >= 0.3 is 18.4 Å². The van der Waals surface area contributed by atoms with Crippen molar-refractivity contribution in [2.75, 3.05) is 12.4 Å². The number of hydrogen-bond acceptors (Lipinski definition) is 4. The van der Waals surface area contributed by atoms with Crippen LogP contribution in [0, 0.1) is 12.7 Å². The third-order valence-electron chi connectivity index (χ3n) is 3.15. The minimum atomic E-state index is -4.70. The van der Waals surface area contributed by atoms with Gasteiger partial charge in [-0.1, -0.05) is 0 Å². The van der Waals surface area contributed by atoms with Crippen LogP contribution in [0.3, 0.4) is 0 Å². The fourth-order valence-corrected chi connectivity index (χ4v) is 3.22. The molecule has 1 heterocycles. The SMILES string of the molecule is Cc1cc(F)c(-c2nc(OCC(F)(F)F)nn2C)cc1S(=O)CC(F)(F)F. The number of halogens is 7. The lowest BCUT2D eigenvalue weighted by Crippen LogP contribution is -2.19. The van der Waals surface area contributed by atoms with Gasteiger partial charge in [0, 0.05) is 11.9 Å². The molecule has 1 aromatic heterocycles. The van der Waals surface area contributed by atoms with Crippen molar-refractivity contribution in [1.82, 2.24) is 14.8 Å². The molecular formula is C14H12F7N3O2S. The summed E-state index contributed by atoms with van der Waals surface area (Å²) in [5.41, 5.74) is -0.350.